The molecule has 0 aliphatic carbocycles. The average molecular weight is 460 g/mol. The fourth-order valence-electron chi connectivity index (χ4n) is 3.50. The standard InChI is InChI=1S/C23H21BN4O2S2/c1-14-19(9-4-10-25-14)30-20-12-17-13-26-22(20)28-23-27-21(24-32-23)18(29)8-3-6-15-5-2-7-16(11-15)31-17/h2,4-5,7,9-13,18,29H,3,6,8H2,1H3,(H,26,27,28). The number of aliphatic imine (C=N–C) groups is 1. The molecule has 3 aliphatic heterocycles. The summed E-state index contributed by atoms with van der Waals surface area (Å²) in [7, 11) is 0. The van der Waals surface area contributed by atoms with Crippen LogP contribution in [0.3, 0.4) is 0 Å². The third-order valence-corrected chi connectivity index (χ3v) is 6.92. The van der Waals surface area contributed by atoms with E-state index in [-0.39, 0.29) is 0 Å². The maximum absolute atomic E-state index is 10.6. The number of rotatable bonds is 2. The number of benzene rings is 1. The number of amidine groups is 1. The van der Waals surface area contributed by atoms with Crippen molar-refractivity contribution in [2.75, 3.05) is 0 Å². The molecule has 3 aromatic rings. The third-order valence-electron chi connectivity index (χ3n) is 5.18. The molecule has 1 aromatic carbocycles. The molecule has 0 fully saturated rings. The molecule has 0 saturated carbocycles. The number of nitrogens with one attached hydrogen (secondary N) is 1. The van der Waals surface area contributed by atoms with Crippen molar-refractivity contribution in [3.05, 3.63) is 66.1 Å². The predicted molar refractivity (Wildman–Crippen MR) is 131 cm³/mol. The van der Waals surface area contributed by atoms with Crippen LogP contribution in [0.15, 0.2) is 69.6 Å². The van der Waals surface area contributed by atoms with Gasteiger partial charge in [0, 0.05) is 0 Å². The van der Waals surface area contributed by atoms with Gasteiger partial charge in [0.1, 0.15) is 0 Å². The van der Waals surface area contributed by atoms with E-state index in [2.05, 4.69) is 44.5 Å². The Labute approximate surface area is 195 Å². The van der Waals surface area contributed by atoms with Crippen molar-refractivity contribution in [3.8, 4) is 11.5 Å². The number of hydrogen-bond donors (Lipinski definition) is 2. The molecule has 160 valence electrons. The van der Waals surface area contributed by atoms with Crippen molar-refractivity contribution in [3.63, 3.8) is 0 Å². The molecule has 0 spiro atoms. The van der Waals surface area contributed by atoms with Crippen LogP contribution in [0, 0.1) is 6.92 Å². The van der Waals surface area contributed by atoms with Gasteiger partial charge in [0.2, 0.25) is 0 Å². The first-order chi connectivity index (χ1) is 15.6. The molecule has 6 rings (SSSR count). The summed E-state index contributed by atoms with van der Waals surface area (Å²) in [5.74, 6) is 1.69. The van der Waals surface area contributed by atoms with Crippen molar-refractivity contribution < 1.29 is 9.84 Å². The Hall–Kier alpha value is -2.62. The van der Waals surface area contributed by atoms with Crippen LogP contribution in [-0.4, -0.2) is 38.1 Å². The molecule has 1 unspecified atom stereocenters. The SMILES string of the molecule is Cc1ncccc1Oc1cc2cnc1/N=C1/NC(=BS1)C(O)CCCc1cccc(c1)S2. The molecule has 0 saturated heterocycles. The van der Waals surface area contributed by atoms with Crippen LogP contribution < -0.4 is 10.1 Å². The zero-order chi connectivity index (χ0) is 21.9. The van der Waals surface area contributed by atoms with E-state index in [1.165, 1.54) is 17.2 Å². The van der Waals surface area contributed by atoms with Gasteiger partial charge in [0.05, 0.1) is 0 Å². The number of nitrogens with zero attached hydrogens (tertiary/aromatic N) is 3. The first-order valence-electron chi connectivity index (χ1n) is 10.4. The Morgan fingerprint density at radius 2 is 2.06 bits per heavy atom. The Kier molecular flexibility index (Phi) is 6.29. The molecule has 3 aliphatic rings. The second kappa shape index (κ2) is 9.48. The molecular formula is C23H21BN4O2S2. The molecule has 2 aromatic heterocycles. The van der Waals surface area contributed by atoms with Gasteiger partial charge >= 0.3 is 196 Å². The van der Waals surface area contributed by atoms with E-state index in [9.17, 15) is 5.11 Å². The van der Waals surface area contributed by atoms with Gasteiger partial charge in [0.25, 0.3) is 0 Å². The quantitative estimate of drug-likeness (QED) is 0.546. The zero-order valence-electron chi connectivity index (χ0n) is 17.5. The molecule has 6 nitrogen and oxygen atoms in total. The van der Waals surface area contributed by atoms with Gasteiger partial charge in [-0.15, -0.1) is 0 Å². The summed E-state index contributed by atoms with van der Waals surface area (Å²) in [5, 5.41) is 14.5. The van der Waals surface area contributed by atoms with Crippen molar-refractivity contribution in [2.24, 2.45) is 4.99 Å². The number of aryl methyl sites for hydroxylation is 2. The number of aliphatic hydroxyl groups excluding tert-OH is 1. The topological polar surface area (TPSA) is 79.6 Å². The number of aromatic nitrogens is 2. The van der Waals surface area contributed by atoms with E-state index in [1.807, 2.05) is 37.5 Å². The number of fused-ring (bicyclic) bond motifs is 5. The van der Waals surface area contributed by atoms with E-state index in [0.717, 1.165) is 33.9 Å². The molecule has 2 N–H and O–H groups in total. The van der Waals surface area contributed by atoms with Crippen LogP contribution in [0.25, 0.3) is 0 Å². The third kappa shape index (κ3) is 4.90. The monoisotopic (exact) mass is 460 g/mol. The first-order valence-corrected chi connectivity index (χ1v) is 12.1. The number of ether oxygens (including phenoxy) is 1. The predicted octanol–water partition coefficient (Wildman–Crippen LogP) is 4.50. The van der Waals surface area contributed by atoms with E-state index in [4.69, 9.17) is 4.74 Å². The van der Waals surface area contributed by atoms with Gasteiger partial charge in [-0.3, -0.25) is 0 Å². The fourth-order valence-corrected chi connectivity index (χ4v) is 5.17. The minimum atomic E-state index is -0.551. The second-order valence-electron chi connectivity index (χ2n) is 7.57. The van der Waals surface area contributed by atoms with Crippen LogP contribution in [0.5, 0.6) is 11.5 Å². The molecule has 0 radical (unpaired) electrons. The molecule has 0 amide bonds. The zero-order valence-corrected chi connectivity index (χ0v) is 19.1. The van der Waals surface area contributed by atoms with Crippen LogP contribution in [0.2, 0.25) is 0 Å². The average Bonchev–Trinajstić information content (AvgIpc) is 3.25. The van der Waals surface area contributed by atoms with Gasteiger partial charge in [-0.05, 0) is 0 Å². The summed E-state index contributed by atoms with van der Waals surface area (Å²) in [6.07, 6.45) is 7.42. The Morgan fingerprint density at radius 3 is 2.97 bits per heavy atom. The Morgan fingerprint density at radius 1 is 1.12 bits per heavy atom. The van der Waals surface area contributed by atoms with Gasteiger partial charge in [-0.1, -0.05) is 0 Å². The minimum absolute atomic E-state index is 0.470. The van der Waals surface area contributed by atoms with Crippen molar-refractivity contribution >= 4 is 46.1 Å². The molecule has 9 heteroatoms. The Bertz CT molecular complexity index is 1220. The van der Waals surface area contributed by atoms with E-state index >= 15 is 0 Å². The van der Waals surface area contributed by atoms with Gasteiger partial charge in [0.15, 0.2) is 0 Å². The summed E-state index contributed by atoms with van der Waals surface area (Å²) >= 11 is 3.08. The molecule has 32 heavy (non-hydrogen) atoms. The number of hydrogen-bond acceptors (Lipinski definition) is 8. The Balaban J connectivity index is 1.56. The normalized spacial score (nSPS) is 19.4. The molecule has 1 atom stereocenters. The fraction of sp³-hybridized carbons (Fsp3) is 0.217. The van der Waals surface area contributed by atoms with E-state index in [0.29, 0.717) is 28.9 Å². The van der Waals surface area contributed by atoms with Gasteiger partial charge < -0.3 is 0 Å². The van der Waals surface area contributed by atoms with Crippen molar-refractivity contribution in [2.45, 2.75) is 42.1 Å². The van der Waals surface area contributed by atoms with Gasteiger partial charge in [-0.2, -0.15) is 0 Å². The van der Waals surface area contributed by atoms with Crippen LogP contribution in [0.1, 0.15) is 24.1 Å². The first kappa shape index (κ1) is 21.2. The molecule has 5 heterocycles. The van der Waals surface area contributed by atoms with Gasteiger partial charge in [-0.25, -0.2) is 0 Å². The number of aliphatic hydroxyl groups is 1. The summed E-state index contributed by atoms with van der Waals surface area (Å²) in [5.41, 5.74) is 2.82. The summed E-state index contributed by atoms with van der Waals surface area (Å²) < 4.78 is 6.21. The van der Waals surface area contributed by atoms with E-state index in [1.54, 1.807) is 18.0 Å². The maximum atomic E-state index is 10.6. The number of pyridine rings is 2. The van der Waals surface area contributed by atoms with Crippen LogP contribution in [0.4, 0.5) is 5.82 Å². The molecular weight excluding hydrogens is 439 g/mol. The molecule has 6 bridgehead atoms. The van der Waals surface area contributed by atoms with Crippen molar-refractivity contribution in [1.29, 1.82) is 0 Å². The summed E-state index contributed by atoms with van der Waals surface area (Å²) in [6.45, 7) is 1.91. The van der Waals surface area contributed by atoms with Crippen molar-refractivity contribution in [1.82, 2.24) is 15.3 Å². The second-order valence-corrected chi connectivity index (χ2v) is 9.58. The van der Waals surface area contributed by atoms with E-state index < -0.39 is 6.10 Å². The summed E-state index contributed by atoms with van der Waals surface area (Å²) in [6, 6.07) is 14.2. The summed E-state index contributed by atoms with van der Waals surface area (Å²) in [4.78, 5) is 15.7. The van der Waals surface area contributed by atoms with Crippen LogP contribution in [-0.2, 0) is 6.42 Å². The van der Waals surface area contributed by atoms with Crippen LogP contribution >= 0.6 is 23.4 Å².